The normalized spacial score (nSPS) is 9.88. The Hall–Kier alpha value is -0.566. The van der Waals surface area contributed by atoms with E-state index in [4.69, 9.17) is 20.4 Å². The monoisotopic (exact) mass is 315 g/mol. The molecule has 0 aliphatic rings. The van der Waals surface area contributed by atoms with E-state index in [-0.39, 0.29) is 0 Å². The van der Waals surface area contributed by atoms with Crippen LogP contribution in [-0.4, -0.2) is 14.8 Å². The molecule has 17 heavy (non-hydrogen) atoms. The van der Waals surface area contributed by atoms with Gasteiger partial charge in [0, 0.05) is 11.9 Å². The van der Waals surface area contributed by atoms with Crippen molar-refractivity contribution in [2.75, 3.05) is 0 Å². The molecule has 96 valence electrons. The zero-order chi connectivity index (χ0) is 12.7. The Balaban J connectivity index is 0.000000437. The van der Waals surface area contributed by atoms with Gasteiger partial charge in [-0.1, -0.05) is 6.07 Å². The molecule has 0 saturated carbocycles. The van der Waals surface area contributed by atoms with E-state index >= 15 is 0 Å². The minimum absolute atomic E-state index is 0.569. The molecule has 2 heterocycles. The van der Waals surface area contributed by atoms with Gasteiger partial charge < -0.3 is 0 Å². The number of rotatable bonds is 2. The Morgan fingerprint density at radius 2 is 2.00 bits per heavy atom. The molecule has 3 nitrogen and oxygen atoms in total. The predicted molar refractivity (Wildman–Crippen MR) is 66.7 cm³/mol. The van der Waals surface area contributed by atoms with Gasteiger partial charge in [-0.2, -0.15) is 5.10 Å². The summed E-state index contributed by atoms with van der Waals surface area (Å²) in [4.78, 5) is 4.26. The molecular formula is C11H13Cl2N3Ni. The molecular weight excluding hydrogens is 304 g/mol. The summed E-state index contributed by atoms with van der Waals surface area (Å²) < 4.78 is 1.97. The topological polar surface area (TPSA) is 30.7 Å². The summed E-state index contributed by atoms with van der Waals surface area (Å²) in [7, 11) is 9.40. The number of hydrogen-bond acceptors (Lipinski definition) is 2. The van der Waals surface area contributed by atoms with E-state index in [1.807, 2.05) is 29.8 Å². The predicted octanol–water partition coefficient (Wildman–Crippen LogP) is 3.32. The minimum atomic E-state index is 0.569. The Labute approximate surface area is 116 Å². The molecule has 0 aliphatic heterocycles. The average Bonchev–Trinajstić information content (AvgIpc) is 2.60. The van der Waals surface area contributed by atoms with Gasteiger partial charge >= 0.3 is 33.0 Å². The number of nitrogens with zero attached hydrogens (tertiary/aromatic N) is 3. The first-order valence-corrected chi connectivity index (χ1v) is 7.62. The van der Waals surface area contributed by atoms with Crippen LogP contribution < -0.4 is 0 Å². The van der Waals surface area contributed by atoms with Crippen LogP contribution in [0.1, 0.15) is 17.1 Å². The second-order valence-corrected chi connectivity index (χ2v) is 5.08. The molecule has 0 bridgehead atoms. The third-order valence-electron chi connectivity index (χ3n) is 2.14. The van der Waals surface area contributed by atoms with Crippen molar-refractivity contribution in [3.63, 3.8) is 0 Å². The molecule has 2 rings (SSSR count). The molecule has 2 aromatic rings. The molecule has 0 aliphatic carbocycles. The van der Waals surface area contributed by atoms with Crippen LogP contribution in [-0.2, 0) is 19.2 Å². The second kappa shape index (κ2) is 7.70. The van der Waals surface area contributed by atoms with Crippen LogP contribution in [0.2, 0.25) is 0 Å². The van der Waals surface area contributed by atoms with Crippen LogP contribution in [0.4, 0.5) is 0 Å². The van der Waals surface area contributed by atoms with Crippen molar-refractivity contribution in [3.05, 3.63) is 47.5 Å². The Morgan fingerprint density at radius 3 is 2.47 bits per heavy atom. The van der Waals surface area contributed by atoms with E-state index in [0.717, 1.165) is 17.9 Å². The molecule has 0 aromatic carbocycles. The molecule has 0 atom stereocenters. The molecule has 0 fully saturated rings. The van der Waals surface area contributed by atoms with Crippen LogP contribution >= 0.6 is 20.4 Å². The zero-order valence-corrected chi connectivity index (χ0v) is 12.0. The molecule has 0 saturated heterocycles. The van der Waals surface area contributed by atoms with Gasteiger partial charge in [0.2, 0.25) is 0 Å². The number of hydrogen-bond donors (Lipinski definition) is 0. The van der Waals surface area contributed by atoms with Crippen molar-refractivity contribution < 1.29 is 12.7 Å². The fourth-order valence-corrected chi connectivity index (χ4v) is 1.48. The van der Waals surface area contributed by atoms with Gasteiger partial charge in [0.1, 0.15) is 0 Å². The van der Waals surface area contributed by atoms with Crippen LogP contribution in [0.15, 0.2) is 30.5 Å². The second-order valence-electron chi connectivity index (χ2n) is 3.45. The number of halogens is 2. The average molecular weight is 317 g/mol. The van der Waals surface area contributed by atoms with Crippen LogP contribution in [0.25, 0.3) is 0 Å². The summed E-state index contributed by atoms with van der Waals surface area (Å²) in [6, 6.07) is 8.00. The summed E-state index contributed by atoms with van der Waals surface area (Å²) in [6.07, 6.45) is 1.81. The maximum absolute atomic E-state index is 4.70. The standard InChI is InChI=1S/C11H13N3.2ClH.Ni/c1-9-7-10(2)14(13-9)8-11-5-3-4-6-12-11;;;/h3-7H,8H2,1-2H3;2*1H;/q;;;+2/p-2. The third kappa shape index (κ3) is 5.07. The number of aryl methyl sites for hydroxylation is 2. The van der Waals surface area contributed by atoms with Crippen molar-refractivity contribution >= 4 is 20.4 Å². The fraction of sp³-hybridized carbons (Fsp3) is 0.273. The van der Waals surface area contributed by atoms with Crippen molar-refractivity contribution in [2.45, 2.75) is 20.4 Å². The van der Waals surface area contributed by atoms with E-state index in [1.165, 1.54) is 5.69 Å². The van der Waals surface area contributed by atoms with Crippen LogP contribution in [0, 0.1) is 13.8 Å². The Morgan fingerprint density at radius 1 is 1.29 bits per heavy atom. The van der Waals surface area contributed by atoms with Gasteiger partial charge in [-0.15, -0.1) is 0 Å². The van der Waals surface area contributed by atoms with E-state index in [1.54, 1.807) is 6.20 Å². The maximum atomic E-state index is 4.70. The molecule has 0 radical (unpaired) electrons. The third-order valence-corrected chi connectivity index (χ3v) is 2.14. The van der Waals surface area contributed by atoms with E-state index in [9.17, 15) is 0 Å². The van der Waals surface area contributed by atoms with E-state index < -0.39 is 0 Å². The van der Waals surface area contributed by atoms with Crippen molar-refractivity contribution in [3.8, 4) is 0 Å². The first-order valence-electron chi connectivity index (χ1n) is 4.90. The molecule has 0 N–H and O–H groups in total. The fourth-order valence-electron chi connectivity index (χ4n) is 1.48. The molecule has 0 unspecified atom stereocenters. The van der Waals surface area contributed by atoms with Gasteiger partial charge in [-0.25, -0.2) is 0 Å². The zero-order valence-electron chi connectivity index (χ0n) is 9.51. The first kappa shape index (κ1) is 14.5. The molecule has 0 spiro atoms. The van der Waals surface area contributed by atoms with Gasteiger partial charge in [0.05, 0.1) is 17.9 Å². The molecule has 2 aromatic heterocycles. The summed E-state index contributed by atoms with van der Waals surface area (Å²) in [6.45, 7) is 4.81. The quantitative estimate of drug-likeness (QED) is 0.796. The van der Waals surface area contributed by atoms with Gasteiger partial charge in [-0.05, 0) is 32.0 Å². The number of aromatic nitrogens is 3. The summed E-state index contributed by atoms with van der Waals surface area (Å²) in [5, 5.41) is 4.38. The van der Waals surface area contributed by atoms with Gasteiger partial charge in [0.15, 0.2) is 0 Å². The SMILES string of the molecule is Cc1cc(C)n(Cc2ccccn2)n1.[Cl][Ni][Cl]. The summed E-state index contributed by atoms with van der Waals surface area (Å²) in [5.74, 6) is 0. The van der Waals surface area contributed by atoms with E-state index in [2.05, 4.69) is 23.1 Å². The van der Waals surface area contributed by atoms with Gasteiger partial charge in [-0.3, -0.25) is 9.67 Å². The summed E-state index contributed by atoms with van der Waals surface area (Å²) >= 11 is 0.569. The van der Waals surface area contributed by atoms with Crippen molar-refractivity contribution in [2.24, 2.45) is 0 Å². The van der Waals surface area contributed by atoms with Crippen molar-refractivity contribution in [1.29, 1.82) is 0 Å². The van der Waals surface area contributed by atoms with E-state index in [0.29, 0.717) is 12.7 Å². The van der Waals surface area contributed by atoms with Crippen LogP contribution in [0.3, 0.4) is 0 Å². The first-order chi connectivity index (χ1) is 8.17. The van der Waals surface area contributed by atoms with Gasteiger partial charge in [0.25, 0.3) is 0 Å². The molecule has 0 amide bonds. The number of pyridine rings is 1. The Bertz CT molecular complexity index is 445. The van der Waals surface area contributed by atoms with Crippen molar-refractivity contribution in [1.82, 2.24) is 14.8 Å². The van der Waals surface area contributed by atoms with Crippen LogP contribution in [0.5, 0.6) is 0 Å². The molecule has 6 heteroatoms. The Kier molecular flexibility index (Phi) is 6.57. The summed E-state index contributed by atoms with van der Waals surface area (Å²) in [5.41, 5.74) is 3.27.